The summed E-state index contributed by atoms with van der Waals surface area (Å²) in [7, 11) is -3.72. The molecule has 9 heteroatoms. The van der Waals surface area contributed by atoms with Crippen molar-refractivity contribution < 1.29 is 13.3 Å². The van der Waals surface area contributed by atoms with Crippen molar-refractivity contribution >= 4 is 28.1 Å². The van der Waals surface area contributed by atoms with Crippen molar-refractivity contribution in [1.82, 2.24) is 4.31 Å². The fraction of sp³-hybridized carbons (Fsp3) is 0.538. The molecule has 0 saturated carbocycles. The Bertz CT molecular complexity index is 621. The normalized spacial score (nSPS) is 19.4. The lowest BCUT2D eigenvalue weighted by Gasteiger charge is -2.34. The van der Waals surface area contributed by atoms with Crippen LogP contribution < -0.4 is 5.73 Å². The molecule has 1 saturated heterocycles. The number of sulfonamides is 1. The first-order chi connectivity index (χ1) is 9.96. The van der Waals surface area contributed by atoms with Crippen LogP contribution in [0.5, 0.6) is 0 Å². The molecule has 0 aliphatic carbocycles. The lowest BCUT2D eigenvalue weighted by atomic mass is 10.0. The fourth-order valence-electron chi connectivity index (χ4n) is 2.66. The maximum atomic E-state index is 12.7. The van der Waals surface area contributed by atoms with E-state index in [2.05, 4.69) is 0 Å². The molecule has 1 fully saturated rings. The van der Waals surface area contributed by atoms with E-state index in [0.29, 0.717) is 19.5 Å². The number of benzene rings is 1. The van der Waals surface area contributed by atoms with Crippen LogP contribution in [0.25, 0.3) is 0 Å². The van der Waals surface area contributed by atoms with Crippen LogP contribution in [0.3, 0.4) is 0 Å². The van der Waals surface area contributed by atoms with Crippen LogP contribution in [0.4, 0.5) is 5.69 Å². The molecular weight excluding hydrogens is 330 g/mol. The summed E-state index contributed by atoms with van der Waals surface area (Å²) in [5.74, 6) is 0. The first kappa shape index (κ1) is 18.8. The summed E-state index contributed by atoms with van der Waals surface area (Å²) < 4.78 is 26.9. The van der Waals surface area contributed by atoms with Gasteiger partial charge in [-0.3, -0.25) is 10.1 Å². The third-order valence-corrected chi connectivity index (χ3v) is 5.66. The number of non-ortho nitro benzene ring substituents is 1. The molecule has 0 spiro atoms. The number of nitrogens with two attached hydrogens (primary N) is 1. The molecule has 1 aliphatic rings. The molecule has 0 aromatic heterocycles. The molecular formula is C13H20ClN3O4S. The van der Waals surface area contributed by atoms with Gasteiger partial charge in [0.15, 0.2) is 0 Å². The van der Waals surface area contributed by atoms with Gasteiger partial charge < -0.3 is 5.73 Å². The van der Waals surface area contributed by atoms with E-state index in [0.717, 1.165) is 25.3 Å². The number of nitrogens with zero attached hydrogens (tertiary/aromatic N) is 2. The summed E-state index contributed by atoms with van der Waals surface area (Å²) in [6, 6.07) is 5.08. The van der Waals surface area contributed by atoms with Crippen molar-refractivity contribution in [3.63, 3.8) is 0 Å². The van der Waals surface area contributed by atoms with Crippen molar-refractivity contribution in [1.29, 1.82) is 0 Å². The summed E-state index contributed by atoms with van der Waals surface area (Å²) in [6.45, 7) is 0.862. The molecule has 1 aliphatic heterocycles. The van der Waals surface area contributed by atoms with Crippen LogP contribution in [0, 0.1) is 10.1 Å². The van der Waals surface area contributed by atoms with Gasteiger partial charge in [-0.15, -0.1) is 12.4 Å². The zero-order valence-electron chi connectivity index (χ0n) is 12.1. The quantitative estimate of drug-likeness (QED) is 0.645. The lowest BCUT2D eigenvalue weighted by Crippen LogP contribution is -2.44. The number of nitro benzene ring substituents is 1. The molecule has 0 amide bonds. The largest absolute Gasteiger partial charge is 0.330 e. The number of hydrogen-bond donors (Lipinski definition) is 1. The Morgan fingerprint density at radius 2 is 2.09 bits per heavy atom. The Balaban J connectivity index is 0.00000242. The maximum absolute atomic E-state index is 12.7. The molecule has 1 aromatic rings. The zero-order chi connectivity index (χ0) is 15.5. The summed E-state index contributed by atoms with van der Waals surface area (Å²) >= 11 is 0. The van der Waals surface area contributed by atoms with Gasteiger partial charge in [-0.05, 0) is 31.9 Å². The topological polar surface area (TPSA) is 107 Å². The van der Waals surface area contributed by atoms with Gasteiger partial charge >= 0.3 is 0 Å². The van der Waals surface area contributed by atoms with Gasteiger partial charge in [0, 0.05) is 24.7 Å². The van der Waals surface area contributed by atoms with Gasteiger partial charge in [0.1, 0.15) is 0 Å². The highest BCUT2D eigenvalue weighted by Gasteiger charge is 2.33. The Kier molecular flexibility index (Phi) is 6.73. The van der Waals surface area contributed by atoms with Crippen LogP contribution in [0.15, 0.2) is 29.2 Å². The third-order valence-electron chi connectivity index (χ3n) is 3.71. The van der Waals surface area contributed by atoms with Crippen molar-refractivity contribution in [3.8, 4) is 0 Å². The molecule has 1 aromatic carbocycles. The van der Waals surface area contributed by atoms with Crippen molar-refractivity contribution in [2.75, 3.05) is 13.1 Å². The van der Waals surface area contributed by atoms with E-state index in [-0.39, 0.29) is 29.0 Å². The summed E-state index contributed by atoms with van der Waals surface area (Å²) in [5, 5.41) is 10.8. The van der Waals surface area contributed by atoms with E-state index < -0.39 is 14.9 Å². The average molecular weight is 350 g/mol. The van der Waals surface area contributed by atoms with Crippen LogP contribution in [-0.2, 0) is 10.0 Å². The summed E-state index contributed by atoms with van der Waals surface area (Å²) in [6.07, 6.45) is 3.17. The van der Waals surface area contributed by atoms with E-state index in [9.17, 15) is 18.5 Å². The Labute approximate surface area is 136 Å². The smallest absolute Gasteiger partial charge is 0.270 e. The average Bonchev–Trinajstić information content (AvgIpc) is 2.48. The van der Waals surface area contributed by atoms with E-state index >= 15 is 0 Å². The summed E-state index contributed by atoms with van der Waals surface area (Å²) in [5.41, 5.74) is 5.34. The number of nitro groups is 1. The van der Waals surface area contributed by atoms with Gasteiger partial charge in [-0.1, -0.05) is 12.5 Å². The number of rotatable bonds is 5. The third kappa shape index (κ3) is 3.95. The minimum Gasteiger partial charge on any atom is -0.330 e. The zero-order valence-corrected chi connectivity index (χ0v) is 13.7. The first-order valence-electron chi connectivity index (χ1n) is 6.93. The van der Waals surface area contributed by atoms with Crippen molar-refractivity contribution in [3.05, 3.63) is 34.4 Å². The second-order valence-electron chi connectivity index (χ2n) is 5.10. The maximum Gasteiger partial charge on any atom is 0.270 e. The second-order valence-corrected chi connectivity index (χ2v) is 6.99. The van der Waals surface area contributed by atoms with E-state index in [1.54, 1.807) is 0 Å². The molecule has 1 heterocycles. The highest BCUT2D eigenvalue weighted by molar-refractivity contribution is 7.89. The fourth-order valence-corrected chi connectivity index (χ4v) is 4.43. The molecule has 2 N–H and O–H groups in total. The molecule has 0 bridgehead atoms. The molecule has 7 nitrogen and oxygen atoms in total. The Morgan fingerprint density at radius 1 is 1.36 bits per heavy atom. The van der Waals surface area contributed by atoms with Crippen LogP contribution in [0.1, 0.15) is 25.7 Å². The highest BCUT2D eigenvalue weighted by Crippen LogP contribution is 2.28. The molecule has 0 radical (unpaired) electrons. The van der Waals surface area contributed by atoms with Crippen molar-refractivity contribution in [2.45, 2.75) is 36.6 Å². The first-order valence-corrected chi connectivity index (χ1v) is 8.37. The molecule has 124 valence electrons. The van der Waals surface area contributed by atoms with E-state index in [1.165, 1.54) is 22.5 Å². The monoisotopic (exact) mass is 349 g/mol. The highest BCUT2D eigenvalue weighted by atomic mass is 35.5. The van der Waals surface area contributed by atoms with Gasteiger partial charge in [0.25, 0.3) is 5.69 Å². The van der Waals surface area contributed by atoms with Crippen LogP contribution in [-0.4, -0.2) is 36.8 Å². The van der Waals surface area contributed by atoms with E-state index in [1.807, 2.05) is 0 Å². The lowest BCUT2D eigenvalue weighted by molar-refractivity contribution is -0.385. The van der Waals surface area contributed by atoms with Gasteiger partial charge in [-0.2, -0.15) is 4.31 Å². The minimum atomic E-state index is -3.72. The number of piperidine rings is 1. The van der Waals surface area contributed by atoms with Gasteiger partial charge in [0.2, 0.25) is 10.0 Å². The standard InChI is InChI=1S/C13H19N3O4S.ClH/c14-8-7-11-4-1-2-9-15(11)21(19,20)13-6-3-5-12(10-13)16(17)18;/h3,5-6,10-11H,1-2,4,7-9,14H2;1H. The second kappa shape index (κ2) is 7.87. The molecule has 1 unspecified atom stereocenters. The van der Waals surface area contributed by atoms with E-state index in [4.69, 9.17) is 5.73 Å². The van der Waals surface area contributed by atoms with Crippen LogP contribution >= 0.6 is 12.4 Å². The van der Waals surface area contributed by atoms with Crippen molar-refractivity contribution in [2.24, 2.45) is 5.73 Å². The molecule has 22 heavy (non-hydrogen) atoms. The SMILES string of the molecule is Cl.NCCC1CCCCN1S(=O)(=O)c1cccc([N+](=O)[O-])c1. The predicted octanol–water partition coefficient (Wildman–Crippen LogP) is 1.91. The summed E-state index contributed by atoms with van der Waals surface area (Å²) in [4.78, 5) is 10.2. The van der Waals surface area contributed by atoms with Crippen LogP contribution in [0.2, 0.25) is 0 Å². The molecule has 1 atom stereocenters. The Morgan fingerprint density at radius 3 is 2.73 bits per heavy atom. The minimum absolute atomic E-state index is 0. The predicted molar refractivity (Wildman–Crippen MR) is 85.5 cm³/mol. The van der Waals surface area contributed by atoms with Gasteiger partial charge in [0.05, 0.1) is 9.82 Å². The Hall–Kier alpha value is -1.22. The number of halogens is 1. The van der Waals surface area contributed by atoms with Gasteiger partial charge in [-0.25, -0.2) is 8.42 Å². The molecule has 2 rings (SSSR count). The number of hydrogen-bond acceptors (Lipinski definition) is 5.